The van der Waals surface area contributed by atoms with E-state index in [0.29, 0.717) is 24.3 Å². The molecule has 0 fully saturated rings. The maximum atomic E-state index is 12.6. The Balaban J connectivity index is 1.87. The van der Waals surface area contributed by atoms with E-state index in [1.165, 1.54) is 12.0 Å². The van der Waals surface area contributed by atoms with Gasteiger partial charge in [-0.1, -0.05) is 36.4 Å². The summed E-state index contributed by atoms with van der Waals surface area (Å²) in [6.45, 7) is 0.0851. The van der Waals surface area contributed by atoms with Crippen LogP contribution in [-0.2, 0) is 22.6 Å². The molecule has 0 radical (unpaired) electrons. The molecule has 1 atom stereocenters. The third-order valence-corrected chi connectivity index (χ3v) is 4.24. The maximum Gasteiger partial charge on any atom is 0.415 e. The van der Waals surface area contributed by atoms with Gasteiger partial charge in [-0.25, -0.2) is 9.59 Å². The fourth-order valence-corrected chi connectivity index (χ4v) is 2.94. The molecule has 1 N–H and O–H groups in total. The molecule has 0 spiro atoms. The molecule has 6 heteroatoms. The smallest absolute Gasteiger partial charge is 0.415 e. The Kier molecular flexibility index (Phi) is 4.88. The van der Waals surface area contributed by atoms with E-state index >= 15 is 0 Å². The number of carbonyl (C=O) groups excluding carboxylic acids is 1. The number of benzene rings is 2. The first-order valence-electron chi connectivity index (χ1n) is 8.00. The largest absolute Gasteiger partial charge is 0.497 e. The van der Waals surface area contributed by atoms with Gasteiger partial charge in [-0.2, -0.15) is 0 Å². The maximum absolute atomic E-state index is 12.6. The average Bonchev–Trinajstić information content (AvgIpc) is 2.65. The van der Waals surface area contributed by atoms with E-state index in [0.717, 1.165) is 11.1 Å². The minimum Gasteiger partial charge on any atom is -0.497 e. The lowest BCUT2D eigenvalue weighted by Crippen LogP contribution is -2.48. The van der Waals surface area contributed by atoms with Gasteiger partial charge in [0, 0.05) is 6.07 Å². The van der Waals surface area contributed by atoms with Crippen LogP contribution in [0.25, 0.3) is 0 Å². The molecule has 0 saturated heterocycles. The topological polar surface area (TPSA) is 76.1 Å². The number of hydrogen-bond acceptors (Lipinski definition) is 4. The second kappa shape index (κ2) is 7.25. The summed E-state index contributed by atoms with van der Waals surface area (Å²) in [6, 6.07) is 13.6. The molecular weight excluding hydrogens is 322 g/mol. The third-order valence-electron chi connectivity index (χ3n) is 4.24. The Hall–Kier alpha value is -3.02. The van der Waals surface area contributed by atoms with Crippen LogP contribution < -0.4 is 9.64 Å². The lowest BCUT2D eigenvalue weighted by molar-refractivity contribution is -0.138. The standard InChI is InChI=1S/C19H19NO5/c1-24-15-9-7-14-8-10-16(18(21)22)20(17(14)11-15)19(23)25-12-13-5-3-2-4-6-13/h2-7,9,11,16H,8,10,12H2,1H3,(H,21,22). The molecule has 0 bridgehead atoms. The third kappa shape index (κ3) is 3.57. The Bertz CT molecular complexity index is 775. The molecular formula is C19H19NO5. The van der Waals surface area contributed by atoms with Gasteiger partial charge >= 0.3 is 12.1 Å². The fourth-order valence-electron chi connectivity index (χ4n) is 2.94. The number of fused-ring (bicyclic) bond motifs is 1. The summed E-state index contributed by atoms with van der Waals surface area (Å²) in [5.74, 6) is -0.490. The second-order valence-electron chi connectivity index (χ2n) is 5.80. The van der Waals surface area contributed by atoms with Crippen molar-refractivity contribution in [3.63, 3.8) is 0 Å². The molecule has 3 rings (SSSR count). The number of carbonyl (C=O) groups is 2. The van der Waals surface area contributed by atoms with Crippen LogP contribution >= 0.6 is 0 Å². The van der Waals surface area contributed by atoms with Crippen LogP contribution in [-0.4, -0.2) is 30.3 Å². The summed E-state index contributed by atoms with van der Waals surface area (Å²) < 4.78 is 10.6. The Morgan fingerprint density at radius 2 is 1.96 bits per heavy atom. The number of ether oxygens (including phenoxy) is 2. The predicted octanol–water partition coefficient (Wildman–Crippen LogP) is 3.24. The minimum absolute atomic E-state index is 0.0851. The van der Waals surface area contributed by atoms with Crippen molar-refractivity contribution in [2.75, 3.05) is 12.0 Å². The number of hydrogen-bond donors (Lipinski definition) is 1. The Morgan fingerprint density at radius 1 is 1.20 bits per heavy atom. The van der Waals surface area contributed by atoms with E-state index in [2.05, 4.69) is 0 Å². The molecule has 1 aliphatic heterocycles. The van der Waals surface area contributed by atoms with Crippen LogP contribution in [0.5, 0.6) is 5.75 Å². The lowest BCUT2D eigenvalue weighted by Gasteiger charge is -2.34. The number of nitrogens with zero attached hydrogens (tertiary/aromatic N) is 1. The number of anilines is 1. The number of carboxylic acids is 1. The van der Waals surface area contributed by atoms with Gasteiger partial charge in [0.25, 0.3) is 0 Å². The van der Waals surface area contributed by atoms with Crippen LogP contribution in [0.1, 0.15) is 17.5 Å². The highest BCUT2D eigenvalue weighted by molar-refractivity contribution is 5.97. The van der Waals surface area contributed by atoms with Crippen LogP contribution in [0, 0.1) is 0 Å². The number of aryl methyl sites for hydroxylation is 1. The predicted molar refractivity (Wildman–Crippen MR) is 91.8 cm³/mol. The average molecular weight is 341 g/mol. The molecule has 0 aliphatic carbocycles. The van der Waals surface area contributed by atoms with Crippen molar-refractivity contribution < 1.29 is 24.2 Å². The highest BCUT2D eigenvalue weighted by atomic mass is 16.6. The van der Waals surface area contributed by atoms with Gasteiger partial charge in [-0.3, -0.25) is 4.90 Å². The number of carboxylic acid groups (broad SMARTS) is 1. The molecule has 2 aromatic rings. The van der Waals surface area contributed by atoms with Crippen molar-refractivity contribution in [2.24, 2.45) is 0 Å². The van der Waals surface area contributed by atoms with Gasteiger partial charge in [0.15, 0.2) is 0 Å². The van der Waals surface area contributed by atoms with Crippen molar-refractivity contribution in [3.8, 4) is 5.75 Å². The first-order valence-corrected chi connectivity index (χ1v) is 8.00. The van der Waals surface area contributed by atoms with Gasteiger partial charge in [0.1, 0.15) is 18.4 Å². The number of rotatable bonds is 4. The zero-order chi connectivity index (χ0) is 17.8. The van der Waals surface area contributed by atoms with Gasteiger partial charge in [0.2, 0.25) is 0 Å². The highest BCUT2D eigenvalue weighted by Crippen LogP contribution is 2.34. The van der Waals surface area contributed by atoms with Crippen LogP contribution in [0.4, 0.5) is 10.5 Å². The van der Waals surface area contributed by atoms with Gasteiger partial charge in [0.05, 0.1) is 12.8 Å². The summed E-state index contributed by atoms with van der Waals surface area (Å²) in [6.07, 6.45) is 0.249. The van der Waals surface area contributed by atoms with Crippen LogP contribution in [0.2, 0.25) is 0 Å². The highest BCUT2D eigenvalue weighted by Gasteiger charge is 2.37. The van der Waals surface area contributed by atoms with E-state index in [4.69, 9.17) is 9.47 Å². The quantitative estimate of drug-likeness (QED) is 0.924. The van der Waals surface area contributed by atoms with Gasteiger partial charge in [-0.15, -0.1) is 0 Å². The Morgan fingerprint density at radius 3 is 2.64 bits per heavy atom. The molecule has 2 aromatic carbocycles. The van der Waals surface area contributed by atoms with Crippen molar-refractivity contribution in [2.45, 2.75) is 25.5 Å². The molecule has 1 aliphatic rings. The van der Waals surface area contributed by atoms with E-state index in [9.17, 15) is 14.7 Å². The first-order chi connectivity index (χ1) is 12.1. The summed E-state index contributed by atoms with van der Waals surface area (Å²) in [5, 5.41) is 9.51. The first kappa shape index (κ1) is 16.8. The van der Waals surface area contributed by atoms with Crippen molar-refractivity contribution in [3.05, 3.63) is 59.7 Å². The van der Waals surface area contributed by atoms with Crippen LogP contribution in [0.15, 0.2) is 48.5 Å². The number of methoxy groups -OCH3 is 1. The molecule has 1 amide bonds. The van der Waals surface area contributed by atoms with Gasteiger partial charge < -0.3 is 14.6 Å². The molecule has 1 unspecified atom stereocenters. The van der Waals surface area contributed by atoms with E-state index in [1.807, 2.05) is 36.4 Å². The summed E-state index contributed by atoms with van der Waals surface area (Å²) in [5.41, 5.74) is 2.26. The summed E-state index contributed by atoms with van der Waals surface area (Å²) >= 11 is 0. The minimum atomic E-state index is -1.05. The SMILES string of the molecule is COc1ccc2c(c1)N(C(=O)OCc1ccccc1)C(C(=O)O)CC2. The number of aliphatic carboxylic acids is 1. The van der Waals surface area contributed by atoms with Crippen molar-refractivity contribution in [1.82, 2.24) is 0 Å². The fraction of sp³-hybridized carbons (Fsp3) is 0.263. The molecule has 6 nitrogen and oxygen atoms in total. The molecule has 0 aromatic heterocycles. The second-order valence-corrected chi connectivity index (χ2v) is 5.80. The Labute approximate surface area is 145 Å². The lowest BCUT2D eigenvalue weighted by atomic mass is 9.96. The zero-order valence-corrected chi connectivity index (χ0v) is 13.8. The molecule has 25 heavy (non-hydrogen) atoms. The normalized spacial score (nSPS) is 16.0. The molecule has 0 saturated carbocycles. The molecule has 1 heterocycles. The van der Waals surface area contributed by atoms with Gasteiger partial charge in [-0.05, 0) is 30.0 Å². The number of amides is 1. The van der Waals surface area contributed by atoms with Crippen LogP contribution in [0.3, 0.4) is 0 Å². The van der Waals surface area contributed by atoms with Crippen molar-refractivity contribution >= 4 is 17.7 Å². The molecule has 130 valence electrons. The zero-order valence-electron chi connectivity index (χ0n) is 13.8. The van der Waals surface area contributed by atoms with Crippen molar-refractivity contribution in [1.29, 1.82) is 0 Å². The summed E-state index contributed by atoms with van der Waals surface area (Å²) in [7, 11) is 1.53. The summed E-state index contributed by atoms with van der Waals surface area (Å²) in [4.78, 5) is 25.5. The monoisotopic (exact) mass is 341 g/mol. The van der Waals surface area contributed by atoms with E-state index in [1.54, 1.807) is 12.1 Å². The van der Waals surface area contributed by atoms with E-state index < -0.39 is 18.1 Å². The van der Waals surface area contributed by atoms with E-state index in [-0.39, 0.29) is 6.61 Å².